The fourth-order valence-electron chi connectivity index (χ4n) is 2.41. The lowest BCUT2D eigenvalue weighted by atomic mass is 10.0. The van der Waals surface area contributed by atoms with E-state index in [9.17, 15) is 4.79 Å². The molecule has 21 heavy (non-hydrogen) atoms. The third-order valence-corrected chi connectivity index (χ3v) is 3.82. The lowest BCUT2D eigenvalue weighted by Gasteiger charge is -2.07. The van der Waals surface area contributed by atoms with Crippen LogP contribution in [-0.2, 0) is 19.4 Å². The number of hydrogen-bond donors (Lipinski definition) is 1. The van der Waals surface area contributed by atoms with Crippen LogP contribution < -0.4 is 10.5 Å². The maximum absolute atomic E-state index is 12.3. The van der Waals surface area contributed by atoms with Gasteiger partial charge in [-0.2, -0.15) is 0 Å². The molecule has 1 aromatic carbocycles. The van der Waals surface area contributed by atoms with E-state index in [0.717, 1.165) is 27.8 Å². The molecule has 1 aliphatic rings. The molecule has 110 valence electrons. The Bertz CT molecular complexity index is 684. The zero-order valence-electron chi connectivity index (χ0n) is 11.4. The van der Waals surface area contributed by atoms with Crippen LogP contribution in [0.5, 0.6) is 5.75 Å². The van der Waals surface area contributed by atoms with Crippen molar-refractivity contribution in [3.63, 3.8) is 0 Å². The third kappa shape index (κ3) is 2.98. The molecule has 0 fully saturated rings. The van der Waals surface area contributed by atoms with Gasteiger partial charge in [0.2, 0.25) is 0 Å². The second-order valence-corrected chi connectivity index (χ2v) is 5.82. The summed E-state index contributed by atoms with van der Waals surface area (Å²) in [5, 5.41) is 7.79. The van der Waals surface area contributed by atoms with Crippen LogP contribution in [-0.4, -0.2) is 33.9 Å². The van der Waals surface area contributed by atoms with Crippen molar-refractivity contribution in [2.24, 2.45) is 5.73 Å². The summed E-state index contributed by atoms with van der Waals surface area (Å²) in [6.45, 7) is 1.68. The number of hydrogen-bond acceptors (Lipinski definition) is 5. The van der Waals surface area contributed by atoms with E-state index in [2.05, 4.69) is 26.2 Å². The van der Waals surface area contributed by atoms with E-state index in [0.29, 0.717) is 25.4 Å². The molecule has 0 radical (unpaired) electrons. The van der Waals surface area contributed by atoms with Gasteiger partial charge in [0.1, 0.15) is 11.4 Å². The number of halogens is 1. The first kappa shape index (κ1) is 14.2. The number of ketones is 1. The molecule has 0 unspecified atom stereocenters. The summed E-state index contributed by atoms with van der Waals surface area (Å²) in [6, 6.07) is 3.96. The van der Waals surface area contributed by atoms with Gasteiger partial charge in [0.25, 0.3) is 0 Å². The maximum Gasteiger partial charge on any atom is 0.189 e. The normalized spacial score (nSPS) is 13.0. The van der Waals surface area contributed by atoms with Gasteiger partial charge < -0.3 is 10.5 Å². The Morgan fingerprint density at radius 2 is 2.33 bits per heavy atom. The predicted molar refractivity (Wildman–Crippen MR) is 80.5 cm³/mol. The highest BCUT2D eigenvalue weighted by Gasteiger charge is 2.20. The molecule has 0 bridgehead atoms. The molecule has 2 heterocycles. The van der Waals surface area contributed by atoms with Crippen molar-refractivity contribution < 1.29 is 9.53 Å². The summed E-state index contributed by atoms with van der Waals surface area (Å²) in [7, 11) is 0. The zero-order chi connectivity index (χ0) is 14.8. The SMILES string of the molecule is NCCn1cc(C(=O)Cc2cc(Br)cc3c2OCC3)nn1. The molecule has 2 N–H and O–H groups in total. The van der Waals surface area contributed by atoms with E-state index >= 15 is 0 Å². The van der Waals surface area contributed by atoms with Gasteiger partial charge in [-0.25, -0.2) is 0 Å². The molecule has 0 saturated heterocycles. The molecule has 0 aliphatic carbocycles. The number of benzene rings is 1. The van der Waals surface area contributed by atoms with Crippen LogP contribution in [0.25, 0.3) is 0 Å². The summed E-state index contributed by atoms with van der Waals surface area (Å²) < 4.78 is 8.17. The van der Waals surface area contributed by atoms with Crippen molar-refractivity contribution in [3.8, 4) is 5.75 Å². The van der Waals surface area contributed by atoms with Crippen LogP contribution in [0.2, 0.25) is 0 Å². The quantitative estimate of drug-likeness (QED) is 0.823. The number of rotatable bonds is 5. The van der Waals surface area contributed by atoms with Gasteiger partial charge in [0.15, 0.2) is 5.78 Å². The molecule has 6 nitrogen and oxygen atoms in total. The van der Waals surface area contributed by atoms with Gasteiger partial charge in [-0.15, -0.1) is 5.10 Å². The topological polar surface area (TPSA) is 83.0 Å². The molecule has 3 rings (SSSR count). The van der Waals surface area contributed by atoms with E-state index in [1.807, 2.05) is 12.1 Å². The molecule has 0 amide bonds. The van der Waals surface area contributed by atoms with Crippen molar-refractivity contribution in [1.82, 2.24) is 15.0 Å². The molecule has 0 saturated carbocycles. The zero-order valence-corrected chi connectivity index (χ0v) is 13.0. The van der Waals surface area contributed by atoms with Gasteiger partial charge >= 0.3 is 0 Å². The average Bonchev–Trinajstić information content (AvgIpc) is 3.07. The summed E-state index contributed by atoms with van der Waals surface area (Å²) in [5.41, 5.74) is 7.83. The molecule has 1 aromatic heterocycles. The van der Waals surface area contributed by atoms with Crippen molar-refractivity contribution >= 4 is 21.7 Å². The average molecular weight is 351 g/mol. The maximum atomic E-state index is 12.3. The first-order valence-corrected chi connectivity index (χ1v) is 7.54. The number of carbonyl (C=O) groups excluding carboxylic acids is 1. The molecule has 7 heteroatoms. The fraction of sp³-hybridized carbons (Fsp3) is 0.357. The second-order valence-electron chi connectivity index (χ2n) is 4.91. The standard InChI is InChI=1S/C14H15BrN4O2/c15-11-5-9-1-4-21-14(9)10(6-11)7-13(20)12-8-19(3-2-16)18-17-12/h5-6,8H,1-4,7,16H2. The molecular formula is C14H15BrN4O2. The molecule has 2 aromatic rings. The highest BCUT2D eigenvalue weighted by molar-refractivity contribution is 9.10. The van der Waals surface area contributed by atoms with Crippen LogP contribution in [0.1, 0.15) is 21.6 Å². The highest BCUT2D eigenvalue weighted by Crippen LogP contribution is 2.33. The first-order chi connectivity index (χ1) is 10.2. The van der Waals surface area contributed by atoms with E-state index in [1.54, 1.807) is 10.9 Å². The van der Waals surface area contributed by atoms with Crippen LogP contribution in [0.3, 0.4) is 0 Å². The Kier molecular flexibility index (Phi) is 4.03. The van der Waals surface area contributed by atoms with E-state index in [4.69, 9.17) is 10.5 Å². The highest BCUT2D eigenvalue weighted by atomic mass is 79.9. The number of aromatic nitrogens is 3. The van der Waals surface area contributed by atoms with Crippen molar-refractivity contribution in [3.05, 3.63) is 39.6 Å². The minimum atomic E-state index is -0.0749. The summed E-state index contributed by atoms with van der Waals surface area (Å²) in [6.07, 6.45) is 2.76. The smallest absolute Gasteiger partial charge is 0.189 e. The number of fused-ring (bicyclic) bond motifs is 1. The lowest BCUT2D eigenvalue weighted by molar-refractivity contribution is 0.0987. The fourth-order valence-corrected chi connectivity index (χ4v) is 2.96. The van der Waals surface area contributed by atoms with Crippen molar-refractivity contribution in [2.75, 3.05) is 13.2 Å². The Balaban J connectivity index is 1.81. The van der Waals surface area contributed by atoms with Crippen molar-refractivity contribution in [1.29, 1.82) is 0 Å². The van der Waals surface area contributed by atoms with Crippen LogP contribution in [0.15, 0.2) is 22.8 Å². The van der Waals surface area contributed by atoms with Gasteiger partial charge in [-0.1, -0.05) is 21.1 Å². The Morgan fingerprint density at radius 1 is 1.48 bits per heavy atom. The minimum Gasteiger partial charge on any atom is -0.493 e. The molecule has 1 aliphatic heterocycles. The van der Waals surface area contributed by atoms with Crippen LogP contribution in [0.4, 0.5) is 0 Å². The summed E-state index contributed by atoms with van der Waals surface area (Å²) in [5.74, 6) is 0.759. The lowest BCUT2D eigenvalue weighted by Crippen LogP contribution is -2.10. The predicted octanol–water partition coefficient (Wildman–Crippen LogP) is 1.36. The van der Waals surface area contributed by atoms with E-state index < -0.39 is 0 Å². The monoisotopic (exact) mass is 350 g/mol. The van der Waals surface area contributed by atoms with E-state index in [-0.39, 0.29) is 12.2 Å². The van der Waals surface area contributed by atoms with E-state index in [1.165, 1.54) is 0 Å². The Hall–Kier alpha value is -1.73. The number of ether oxygens (including phenoxy) is 1. The largest absolute Gasteiger partial charge is 0.493 e. The van der Waals surface area contributed by atoms with Crippen molar-refractivity contribution in [2.45, 2.75) is 19.4 Å². The van der Waals surface area contributed by atoms with Gasteiger partial charge in [0, 0.05) is 29.4 Å². The number of Topliss-reactive ketones (excluding diaryl/α,β-unsaturated/α-hetero) is 1. The minimum absolute atomic E-state index is 0.0749. The van der Waals surface area contributed by atoms with Crippen LogP contribution in [0, 0.1) is 0 Å². The third-order valence-electron chi connectivity index (χ3n) is 3.36. The molecule has 0 spiro atoms. The molecule has 0 atom stereocenters. The summed E-state index contributed by atoms with van der Waals surface area (Å²) in [4.78, 5) is 12.3. The van der Waals surface area contributed by atoms with Gasteiger partial charge in [0.05, 0.1) is 19.3 Å². The second kappa shape index (κ2) is 5.95. The number of carbonyl (C=O) groups is 1. The molecular weight excluding hydrogens is 336 g/mol. The Morgan fingerprint density at radius 3 is 3.14 bits per heavy atom. The van der Waals surface area contributed by atoms with Crippen LogP contribution >= 0.6 is 15.9 Å². The summed E-state index contributed by atoms with van der Waals surface area (Å²) >= 11 is 3.47. The number of nitrogens with two attached hydrogens (primary N) is 1. The van der Waals surface area contributed by atoms with Gasteiger partial charge in [-0.3, -0.25) is 9.48 Å². The Labute approximate surface area is 130 Å². The number of nitrogens with zero attached hydrogens (tertiary/aromatic N) is 3. The van der Waals surface area contributed by atoms with Gasteiger partial charge in [-0.05, 0) is 17.7 Å². The first-order valence-electron chi connectivity index (χ1n) is 6.75.